The average molecular weight is 394 g/mol. The Morgan fingerprint density at radius 1 is 1.31 bits per heavy atom. The summed E-state index contributed by atoms with van der Waals surface area (Å²) in [6.07, 6.45) is 6.84. The van der Waals surface area contributed by atoms with Crippen LogP contribution in [0.5, 0.6) is 5.75 Å². The van der Waals surface area contributed by atoms with Gasteiger partial charge in [-0.05, 0) is 55.2 Å². The molecule has 1 aliphatic heterocycles. The predicted molar refractivity (Wildman–Crippen MR) is 111 cm³/mol. The van der Waals surface area contributed by atoms with Crippen LogP contribution in [0.15, 0.2) is 48.3 Å². The van der Waals surface area contributed by atoms with Gasteiger partial charge in [-0.1, -0.05) is 13.0 Å². The number of aromatic nitrogens is 1. The smallest absolute Gasteiger partial charge is 0.250 e. The van der Waals surface area contributed by atoms with Crippen LogP contribution in [0.2, 0.25) is 0 Å². The topological polar surface area (TPSA) is 68.7 Å². The number of methoxy groups -OCH3 is 1. The molecule has 1 aromatic heterocycles. The summed E-state index contributed by atoms with van der Waals surface area (Å²) >= 11 is 0. The van der Waals surface area contributed by atoms with Crippen molar-refractivity contribution >= 4 is 23.1 Å². The maximum atomic E-state index is 12.8. The molecule has 0 bridgehead atoms. The van der Waals surface area contributed by atoms with Gasteiger partial charge in [-0.3, -0.25) is 14.6 Å². The third kappa shape index (κ3) is 4.47. The SMILES string of the molecule is CCO/C=C/C(=O)N1Cc2cc3cc(OC)ccc3nc2C1C/C=C(/C=O)CC. The lowest BCUT2D eigenvalue weighted by atomic mass is 10.0. The molecule has 2 aromatic rings. The van der Waals surface area contributed by atoms with E-state index in [0.717, 1.165) is 39.8 Å². The highest BCUT2D eigenvalue weighted by atomic mass is 16.5. The Labute approximate surface area is 170 Å². The molecule has 0 radical (unpaired) electrons. The zero-order valence-electron chi connectivity index (χ0n) is 17.1. The van der Waals surface area contributed by atoms with Crippen LogP contribution in [0.1, 0.15) is 44.0 Å². The normalized spacial score (nSPS) is 16.3. The highest BCUT2D eigenvalue weighted by Gasteiger charge is 2.33. The number of benzene rings is 1. The van der Waals surface area contributed by atoms with E-state index in [1.165, 1.54) is 12.3 Å². The molecule has 1 atom stereocenters. The van der Waals surface area contributed by atoms with Crippen molar-refractivity contribution < 1.29 is 19.1 Å². The fraction of sp³-hybridized carbons (Fsp3) is 0.348. The summed E-state index contributed by atoms with van der Waals surface area (Å²) in [7, 11) is 1.63. The van der Waals surface area contributed by atoms with Crippen molar-refractivity contribution in [3.63, 3.8) is 0 Å². The van der Waals surface area contributed by atoms with Gasteiger partial charge >= 0.3 is 0 Å². The van der Waals surface area contributed by atoms with E-state index in [1.54, 1.807) is 12.0 Å². The molecule has 0 saturated carbocycles. The molecule has 0 fully saturated rings. The number of pyridine rings is 1. The number of fused-ring (bicyclic) bond motifs is 2. The van der Waals surface area contributed by atoms with Crippen molar-refractivity contribution in [1.82, 2.24) is 9.88 Å². The Kier molecular flexibility index (Phi) is 6.65. The minimum absolute atomic E-state index is 0.138. The second kappa shape index (κ2) is 9.37. The third-order valence-corrected chi connectivity index (χ3v) is 5.09. The first kappa shape index (κ1) is 20.6. The van der Waals surface area contributed by atoms with Crippen molar-refractivity contribution in [3.05, 3.63) is 59.5 Å². The van der Waals surface area contributed by atoms with Crippen LogP contribution in [0, 0.1) is 0 Å². The molecular formula is C23H26N2O4. The second-order valence-corrected chi connectivity index (χ2v) is 6.82. The van der Waals surface area contributed by atoms with Crippen LogP contribution in [-0.4, -0.2) is 35.8 Å². The van der Waals surface area contributed by atoms with E-state index >= 15 is 0 Å². The molecule has 1 amide bonds. The molecule has 1 unspecified atom stereocenters. The van der Waals surface area contributed by atoms with Gasteiger partial charge in [0.05, 0.1) is 37.2 Å². The van der Waals surface area contributed by atoms with Crippen molar-refractivity contribution in [1.29, 1.82) is 0 Å². The highest BCUT2D eigenvalue weighted by molar-refractivity contribution is 5.89. The van der Waals surface area contributed by atoms with Crippen LogP contribution in [0.3, 0.4) is 0 Å². The zero-order chi connectivity index (χ0) is 20.8. The van der Waals surface area contributed by atoms with E-state index < -0.39 is 0 Å². The van der Waals surface area contributed by atoms with Gasteiger partial charge < -0.3 is 14.4 Å². The molecule has 3 rings (SSSR count). The highest BCUT2D eigenvalue weighted by Crippen LogP contribution is 2.37. The van der Waals surface area contributed by atoms with E-state index in [9.17, 15) is 9.59 Å². The van der Waals surface area contributed by atoms with Gasteiger partial charge in [0.1, 0.15) is 12.0 Å². The van der Waals surface area contributed by atoms with Gasteiger partial charge in [0.25, 0.3) is 5.91 Å². The van der Waals surface area contributed by atoms with Crippen LogP contribution in [0.25, 0.3) is 10.9 Å². The lowest BCUT2D eigenvalue weighted by Crippen LogP contribution is -2.28. The van der Waals surface area contributed by atoms with Gasteiger partial charge in [-0.15, -0.1) is 0 Å². The Morgan fingerprint density at radius 3 is 2.83 bits per heavy atom. The fourth-order valence-corrected chi connectivity index (χ4v) is 3.50. The number of allylic oxidation sites excluding steroid dienone is 1. The van der Waals surface area contributed by atoms with Crippen molar-refractivity contribution in [3.8, 4) is 5.75 Å². The van der Waals surface area contributed by atoms with Gasteiger partial charge in [-0.2, -0.15) is 0 Å². The average Bonchev–Trinajstić information content (AvgIpc) is 3.10. The summed E-state index contributed by atoms with van der Waals surface area (Å²) in [5, 5.41) is 0.971. The predicted octanol–water partition coefficient (Wildman–Crippen LogP) is 4.10. The second-order valence-electron chi connectivity index (χ2n) is 6.82. The first-order valence-electron chi connectivity index (χ1n) is 9.81. The molecule has 0 aliphatic carbocycles. The number of hydrogen-bond donors (Lipinski definition) is 0. The van der Waals surface area contributed by atoms with Crippen LogP contribution >= 0.6 is 0 Å². The zero-order valence-corrected chi connectivity index (χ0v) is 17.1. The third-order valence-electron chi connectivity index (χ3n) is 5.09. The fourth-order valence-electron chi connectivity index (χ4n) is 3.50. The molecule has 152 valence electrons. The number of carbonyl (C=O) groups excluding carboxylic acids is 2. The summed E-state index contributed by atoms with van der Waals surface area (Å²) in [6, 6.07) is 7.58. The molecule has 2 heterocycles. The molecule has 1 aromatic carbocycles. The first-order valence-corrected chi connectivity index (χ1v) is 9.81. The molecule has 29 heavy (non-hydrogen) atoms. The minimum Gasteiger partial charge on any atom is -0.501 e. The van der Waals surface area contributed by atoms with Crippen LogP contribution < -0.4 is 4.74 Å². The number of carbonyl (C=O) groups is 2. The Balaban J connectivity index is 1.99. The standard InChI is InChI=1S/C23H26N2O4/c1-4-16(15-26)6-9-21-23-18(14-25(21)22(27)10-11-29-5-2)12-17-13-19(28-3)7-8-20(17)24-23/h6-8,10-13,15,21H,4-5,9,14H2,1-3H3/b11-10+,16-6+. The van der Waals surface area contributed by atoms with E-state index in [1.807, 2.05) is 38.1 Å². The van der Waals surface area contributed by atoms with Crippen molar-refractivity contribution in [2.24, 2.45) is 0 Å². The van der Waals surface area contributed by atoms with Crippen LogP contribution in [0.4, 0.5) is 0 Å². The van der Waals surface area contributed by atoms with E-state index in [-0.39, 0.29) is 11.9 Å². The van der Waals surface area contributed by atoms with E-state index in [0.29, 0.717) is 26.0 Å². The van der Waals surface area contributed by atoms with Crippen molar-refractivity contribution in [2.45, 2.75) is 39.3 Å². The number of hydrogen-bond acceptors (Lipinski definition) is 5. The largest absolute Gasteiger partial charge is 0.501 e. The molecule has 0 N–H and O–H groups in total. The Morgan fingerprint density at radius 2 is 2.14 bits per heavy atom. The summed E-state index contributed by atoms with van der Waals surface area (Å²) in [5.74, 6) is 0.628. The molecular weight excluding hydrogens is 368 g/mol. The maximum Gasteiger partial charge on any atom is 0.250 e. The van der Waals surface area contributed by atoms with Gasteiger partial charge in [0.2, 0.25) is 0 Å². The van der Waals surface area contributed by atoms with Gasteiger partial charge in [-0.25, -0.2) is 0 Å². The number of nitrogens with zero attached hydrogens (tertiary/aromatic N) is 2. The number of rotatable bonds is 8. The number of ether oxygens (including phenoxy) is 2. The maximum absolute atomic E-state index is 12.8. The van der Waals surface area contributed by atoms with Gasteiger partial charge in [0, 0.05) is 18.0 Å². The number of amides is 1. The molecule has 1 aliphatic rings. The van der Waals surface area contributed by atoms with E-state index in [4.69, 9.17) is 14.5 Å². The Hall–Kier alpha value is -3.15. The monoisotopic (exact) mass is 394 g/mol. The first-order chi connectivity index (χ1) is 14.1. The number of aldehydes is 1. The molecule has 0 spiro atoms. The van der Waals surface area contributed by atoms with Gasteiger partial charge in [0.15, 0.2) is 0 Å². The van der Waals surface area contributed by atoms with E-state index in [2.05, 4.69) is 6.07 Å². The molecule has 0 saturated heterocycles. The summed E-state index contributed by atoms with van der Waals surface area (Å²) in [5.41, 5.74) is 3.45. The van der Waals surface area contributed by atoms with Crippen molar-refractivity contribution in [2.75, 3.05) is 13.7 Å². The molecule has 6 nitrogen and oxygen atoms in total. The lowest BCUT2D eigenvalue weighted by Gasteiger charge is -2.22. The lowest BCUT2D eigenvalue weighted by molar-refractivity contribution is -0.128. The van der Waals surface area contributed by atoms with Crippen LogP contribution in [-0.2, 0) is 20.9 Å². The summed E-state index contributed by atoms with van der Waals surface area (Å²) in [6.45, 7) is 4.77. The molecule has 6 heteroatoms. The summed E-state index contributed by atoms with van der Waals surface area (Å²) in [4.78, 5) is 30.6. The quantitative estimate of drug-likeness (QED) is 0.383. The minimum atomic E-state index is -0.225. The Bertz CT molecular complexity index is 965. The summed E-state index contributed by atoms with van der Waals surface area (Å²) < 4.78 is 10.5.